The van der Waals surface area contributed by atoms with Crippen molar-refractivity contribution >= 4 is 6.08 Å². The van der Waals surface area contributed by atoms with E-state index in [2.05, 4.69) is 43.3 Å². The SMILES string of the molecule is CN(C)C[C@@H]1CCC(=Cc2cccc(CO)c2)C[C@H]1c1cccc(O)c1. The lowest BCUT2D eigenvalue weighted by atomic mass is 9.73. The van der Waals surface area contributed by atoms with E-state index in [4.69, 9.17) is 0 Å². The van der Waals surface area contributed by atoms with Crippen LogP contribution in [0.1, 0.15) is 41.9 Å². The molecule has 0 saturated heterocycles. The van der Waals surface area contributed by atoms with Gasteiger partial charge < -0.3 is 15.1 Å². The van der Waals surface area contributed by atoms with Gasteiger partial charge in [0.15, 0.2) is 0 Å². The molecule has 0 aromatic heterocycles. The van der Waals surface area contributed by atoms with Crippen molar-refractivity contribution in [2.45, 2.75) is 31.8 Å². The van der Waals surface area contributed by atoms with Crippen molar-refractivity contribution in [2.24, 2.45) is 5.92 Å². The molecule has 1 aliphatic carbocycles. The molecule has 1 saturated carbocycles. The van der Waals surface area contributed by atoms with Gasteiger partial charge in [-0.25, -0.2) is 0 Å². The molecule has 2 atom stereocenters. The number of aliphatic hydroxyl groups is 1. The molecule has 0 heterocycles. The zero-order valence-electron chi connectivity index (χ0n) is 15.7. The van der Waals surface area contributed by atoms with E-state index in [1.165, 1.54) is 11.1 Å². The molecule has 2 aromatic carbocycles. The smallest absolute Gasteiger partial charge is 0.115 e. The Labute approximate surface area is 156 Å². The average Bonchev–Trinajstić information content (AvgIpc) is 2.63. The molecule has 2 aromatic rings. The van der Waals surface area contributed by atoms with Crippen LogP contribution in [0.5, 0.6) is 5.75 Å². The number of aromatic hydroxyl groups is 1. The van der Waals surface area contributed by atoms with Crippen LogP contribution in [0, 0.1) is 5.92 Å². The van der Waals surface area contributed by atoms with Gasteiger partial charge in [-0.15, -0.1) is 0 Å². The Morgan fingerprint density at radius 2 is 1.92 bits per heavy atom. The van der Waals surface area contributed by atoms with Gasteiger partial charge in [-0.3, -0.25) is 0 Å². The minimum atomic E-state index is 0.0772. The van der Waals surface area contributed by atoms with Gasteiger partial charge in [-0.1, -0.05) is 42.0 Å². The van der Waals surface area contributed by atoms with Crippen molar-refractivity contribution in [3.63, 3.8) is 0 Å². The normalized spacial score (nSPS) is 22.1. The van der Waals surface area contributed by atoms with E-state index in [1.54, 1.807) is 6.07 Å². The molecular formula is C23H29NO2. The Morgan fingerprint density at radius 3 is 2.65 bits per heavy atom. The Morgan fingerprint density at radius 1 is 1.12 bits per heavy atom. The molecule has 0 amide bonds. The fourth-order valence-electron chi connectivity index (χ4n) is 4.10. The summed E-state index contributed by atoms with van der Waals surface area (Å²) in [5.41, 5.74) is 4.78. The first-order valence-electron chi connectivity index (χ1n) is 9.38. The van der Waals surface area contributed by atoms with E-state index < -0.39 is 0 Å². The maximum atomic E-state index is 9.92. The van der Waals surface area contributed by atoms with Crippen LogP contribution < -0.4 is 0 Å². The molecule has 2 N–H and O–H groups in total. The second kappa shape index (κ2) is 8.52. The summed E-state index contributed by atoms with van der Waals surface area (Å²) < 4.78 is 0. The molecule has 3 rings (SSSR count). The van der Waals surface area contributed by atoms with Gasteiger partial charge >= 0.3 is 0 Å². The van der Waals surface area contributed by atoms with Gasteiger partial charge in [0.25, 0.3) is 0 Å². The summed E-state index contributed by atoms with van der Waals surface area (Å²) in [5.74, 6) is 1.36. The van der Waals surface area contributed by atoms with Crippen molar-refractivity contribution in [2.75, 3.05) is 20.6 Å². The lowest BCUT2D eigenvalue weighted by molar-refractivity contribution is 0.256. The van der Waals surface area contributed by atoms with E-state index in [1.807, 2.05) is 24.3 Å². The molecule has 0 spiro atoms. The third-order valence-corrected chi connectivity index (χ3v) is 5.29. The number of hydrogen-bond acceptors (Lipinski definition) is 3. The van der Waals surface area contributed by atoms with Crippen LogP contribution in [0.15, 0.2) is 54.1 Å². The van der Waals surface area contributed by atoms with E-state index >= 15 is 0 Å². The van der Waals surface area contributed by atoms with Crippen molar-refractivity contribution in [3.8, 4) is 5.75 Å². The number of aliphatic hydroxyl groups excluding tert-OH is 1. The molecule has 3 heteroatoms. The van der Waals surface area contributed by atoms with Gasteiger partial charge in [0.1, 0.15) is 5.75 Å². The number of phenols is 1. The molecule has 1 aliphatic rings. The molecule has 0 unspecified atom stereocenters. The number of benzene rings is 2. The van der Waals surface area contributed by atoms with Crippen LogP contribution in [0.4, 0.5) is 0 Å². The number of hydrogen-bond donors (Lipinski definition) is 2. The van der Waals surface area contributed by atoms with Gasteiger partial charge in [-0.2, -0.15) is 0 Å². The highest BCUT2D eigenvalue weighted by atomic mass is 16.3. The summed E-state index contributed by atoms with van der Waals surface area (Å²) in [6.07, 6.45) is 5.56. The molecule has 26 heavy (non-hydrogen) atoms. The van der Waals surface area contributed by atoms with E-state index in [0.29, 0.717) is 17.6 Å². The van der Waals surface area contributed by atoms with Crippen LogP contribution in [0.3, 0.4) is 0 Å². The first-order valence-corrected chi connectivity index (χ1v) is 9.38. The number of allylic oxidation sites excluding steroid dienone is 1. The first kappa shape index (κ1) is 18.7. The topological polar surface area (TPSA) is 43.7 Å². The van der Waals surface area contributed by atoms with Gasteiger partial charge in [-0.05, 0) is 80.1 Å². The second-order valence-electron chi connectivity index (χ2n) is 7.67. The maximum Gasteiger partial charge on any atom is 0.115 e. The number of nitrogens with zero attached hydrogens (tertiary/aromatic N) is 1. The molecule has 0 bridgehead atoms. The predicted octanol–water partition coefficient (Wildman–Crippen LogP) is 4.41. The minimum Gasteiger partial charge on any atom is -0.508 e. The Kier molecular flexibility index (Phi) is 6.12. The Balaban J connectivity index is 1.86. The fraction of sp³-hybridized carbons (Fsp3) is 0.391. The predicted molar refractivity (Wildman–Crippen MR) is 107 cm³/mol. The summed E-state index contributed by atoms with van der Waals surface area (Å²) in [5, 5.41) is 19.3. The molecule has 0 aliphatic heterocycles. The summed E-state index contributed by atoms with van der Waals surface area (Å²) in [4.78, 5) is 2.26. The highest BCUT2D eigenvalue weighted by Gasteiger charge is 2.29. The summed E-state index contributed by atoms with van der Waals surface area (Å²) >= 11 is 0. The third-order valence-electron chi connectivity index (χ3n) is 5.29. The van der Waals surface area contributed by atoms with Crippen molar-refractivity contribution in [3.05, 3.63) is 70.8 Å². The number of rotatable bonds is 5. The Hall–Kier alpha value is -2.10. The number of phenolic OH excluding ortho intramolecular Hbond substituents is 1. The molecule has 0 radical (unpaired) electrons. The first-order chi connectivity index (χ1) is 12.5. The van der Waals surface area contributed by atoms with Gasteiger partial charge in [0.2, 0.25) is 0 Å². The van der Waals surface area contributed by atoms with Crippen LogP contribution >= 0.6 is 0 Å². The summed E-state index contributed by atoms with van der Waals surface area (Å²) in [7, 11) is 4.26. The lowest BCUT2D eigenvalue weighted by Crippen LogP contribution is -2.29. The molecular weight excluding hydrogens is 322 g/mol. The fourth-order valence-corrected chi connectivity index (χ4v) is 4.10. The van der Waals surface area contributed by atoms with Crippen molar-refractivity contribution < 1.29 is 10.2 Å². The van der Waals surface area contributed by atoms with Crippen LogP contribution in [-0.2, 0) is 6.61 Å². The van der Waals surface area contributed by atoms with Crippen molar-refractivity contribution in [1.29, 1.82) is 0 Å². The average molecular weight is 351 g/mol. The largest absolute Gasteiger partial charge is 0.508 e. The molecule has 1 fully saturated rings. The van der Waals surface area contributed by atoms with E-state index in [9.17, 15) is 10.2 Å². The van der Waals surface area contributed by atoms with Crippen LogP contribution in [0.25, 0.3) is 6.08 Å². The Bertz CT molecular complexity index is 766. The zero-order valence-corrected chi connectivity index (χ0v) is 15.7. The van der Waals surface area contributed by atoms with Gasteiger partial charge in [0.05, 0.1) is 6.61 Å². The van der Waals surface area contributed by atoms with Crippen molar-refractivity contribution in [1.82, 2.24) is 4.90 Å². The standard InChI is InChI=1S/C23H29NO2/c1-24(2)15-21-10-9-18(11-17-5-3-6-19(12-17)16-25)13-23(21)20-7-4-8-22(26)14-20/h3-8,11-12,14,21,23,25-26H,9-10,13,15-16H2,1-2H3/t21-,23-/m0/s1. The highest BCUT2D eigenvalue weighted by molar-refractivity contribution is 5.54. The molecule has 138 valence electrons. The minimum absolute atomic E-state index is 0.0772. The van der Waals surface area contributed by atoms with Crippen LogP contribution in [0.2, 0.25) is 0 Å². The quantitative estimate of drug-likeness (QED) is 0.838. The van der Waals surface area contributed by atoms with E-state index in [0.717, 1.165) is 36.9 Å². The molecule has 3 nitrogen and oxygen atoms in total. The summed E-state index contributed by atoms with van der Waals surface area (Å²) in [6.45, 7) is 1.14. The van der Waals surface area contributed by atoms with E-state index in [-0.39, 0.29) is 6.61 Å². The zero-order chi connectivity index (χ0) is 18.5. The highest BCUT2D eigenvalue weighted by Crippen LogP contribution is 2.42. The van der Waals surface area contributed by atoms with Crippen LogP contribution in [-0.4, -0.2) is 35.8 Å². The van der Waals surface area contributed by atoms with Gasteiger partial charge in [0, 0.05) is 6.54 Å². The monoisotopic (exact) mass is 351 g/mol. The third kappa shape index (κ3) is 4.75. The summed E-state index contributed by atoms with van der Waals surface area (Å²) in [6, 6.07) is 15.9. The maximum absolute atomic E-state index is 9.92. The lowest BCUT2D eigenvalue weighted by Gasteiger charge is -2.35. The second-order valence-corrected chi connectivity index (χ2v) is 7.67.